The van der Waals surface area contributed by atoms with Crippen molar-refractivity contribution in [2.75, 3.05) is 13.1 Å². The average molecular weight is 311 g/mol. The second-order valence-corrected chi connectivity index (χ2v) is 6.27. The fourth-order valence-electron chi connectivity index (χ4n) is 3.89. The van der Waals surface area contributed by atoms with Crippen LogP contribution < -0.4 is 0 Å². The van der Waals surface area contributed by atoms with Gasteiger partial charge in [-0.2, -0.15) is 0 Å². The van der Waals surface area contributed by atoms with E-state index >= 15 is 0 Å². The molecule has 0 radical (unpaired) electrons. The van der Waals surface area contributed by atoms with Crippen molar-refractivity contribution < 1.29 is 19.4 Å². The summed E-state index contributed by atoms with van der Waals surface area (Å²) < 4.78 is 5.84. The number of carbonyl (C=O) groups is 2. The summed E-state index contributed by atoms with van der Waals surface area (Å²) in [7, 11) is 0. The largest absolute Gasteiger partial charge is 0.481 e. The van der Waals surface area contributed by atoms with Crippen LogP contribution in [0.2, 0.25) is 0 Å². The Bertz CT molecular complexity index is 711. The summed E-state index contributed by atoms with van der Waals surface area (Å²) in [6.07, 6.45) is 7.08. The first-order chi connectivity index (χ1) is 11.1. The van der Waals surface area contributed by atoms with Gasteiger partial charge in [-0.05, 0) is 5.56 Å². The summed E-state index contributed by atoms with van der Waals surface area (Å²) in [6.45, 7) is 0.882. The average Bonchev–Trinajstić information content (AvgIpc) is 3.17. The smallest absolute Gasteiger partial charge is 0.310 e. The van der Waals surface area contributed by atoms with Crippen molar-refractivity contribution in [2.24, 2.45) is 11.8 Å². The molecule has 4 atom stereocenters. The van der Waals surface area contributed by atoms with Crippen molar-refractivity contribution in [2.45, 2.75) is 11.7 Å². The van der Waals surface area contributed by atoms with Crippen LogP contribution in [0.1, 0.15) is 5.56 Å². The van der Waals surface area contributed by atoms with Crippen molar-refractivity contribution in [3.8, 4) is 0 Å². The second kappa shape index (κ2) is 5.06. The van der Waals surface area contributed by atoms with E-state index in [0.29, 0.717) is 13.1 Å². The van der Waals surface area contributed by atoms with Crippen LogP contribution in [0.3, 0.4) is 0 Å². The minimum Gasteiger partial charge on any atom is -0.481 e. The fraction of sp³-hybridized carbons (Fsp3) is 0.333. The van der Waals surface area contributed by atoms with Crippen molar-refractivity contribution in [1.29, 1.82) is 0 Å². The van der Waals surface area contributed by atoms with E-state index in [1.165, 1.54) is 0 Å². The van der Waals surface area contributed by atoms with Gasteiger partial charge in [-0.15, -0.1) is 0 Å². The molecule has 0 aromatic heterocycles. The van der Waals surface area contributed by atoms with Gasteiger partial charge >= 0.3 is 5.97 Å². The van der Waals surface area contributed by atoms with Gasteiger partial charge in [0, 0.05) is 6.54 Å². The quantitative estimate of drug-likeness (QED) is 0.857. The number of fused-ring (bicyclic) bond motifs is 1. The number of likely N-dealkylation sites (tertiary alicyclic amines) is 1. The van der Waals surface area contributed by atoms with Crippen LogP contribution in [0.5, 0.6) is 0 Å². The number of amides is 1. The van der Waals surface area contributed by atoms with E-state index in [9.17, 15) is 14.7 Å². The van der Waals surface area contributed by atoms with Crippen molar-refractivity contribution >= 4 is 18.0 Å². The monoisotopic (exact) mass is 311 g/mol. The van der Waals surface area contributed by atoms with Crippen molar-refractivity contribution in [1.82, 2.24) is 4.90 Å². The molecule has 2 fully saturated rings. The Hall–Kier alpha value is -2.40. The Labute approximate surface area is 133 Å². The van der Waals surface area contributed by atoms with Gasteiger partial charge < -0.3 is 14.7 Å². The first kappa shape index (κ1) is 14.2. The molecule has 5 heteroatoms. The predicted octanol–water partition coefficient (Wildman–Crippen LogP) is 1.57. The lowest BCUT2D eigenvalue weighted by molar-refractivity contribution is -0.147. The molecular formula is C18H17NO4. The number of carboxylic acids is 1. The standard InChI is InChI=1S/C18H17NO4/c20-16-15-14(17(21)22)13-8-9-18(15,23-13)11-19(16)10-4-7-12-5-2-1-3-6-12/h1-9,13-15H,10-11H2,(H,21,22)/b7-4+/t13-,14-,15-,18+/m0/s1. The fourth-order valence-corrected chi connectivity index (χ4v) is 3.89. The summed E-state index contributed by atoms with van der Waals surface area (Å²) in [5, 5.41) is 9.41. The molecule has 2 bridgehead atoms. The Morgan fingerprint density at radius 2 is 2.17 bits per heavy atom. The van der Waals surface area contributed by atoms with Crippen molar-refractivity contribution in [3.63, 3.8) is 0 Å². The van der Waals surface area contributed by atoms with Gasteiger partial charge in [0.15, 0.2) is 0 Å². The van der Waals surface area contributed by atoms with Crippen LogP contribution in [0.15, 0.2) is 48.6 Å². The molecule has 0 saturated carbocycles. The number of benzene rings is 1. The zero-order chi connectivity index (χ0) is 16.0. The maximum atomic E-state index is 12.6. The maximum absolute atomic E-state index is 12.6. The Balaban J connectivity index is 1.51. The second-order valence-electron chi connectivity index (χ2n) is 6.27. The first-order valence-corrected chi connectivity index (χ1v) is 7.71. The van der Waals surface area contributed by atoms with E-state index in [1.54, 1.807) is 11.0 Å². The molecule has 23 heavy (non-hydrogen) atoms. The summed E-state index contributed by atoms with van der Waals surface area (Å²) in [5.41, 5.74) is 0.323. The lowest BCUT2D eigenvalue weighted by Gasteiger charge is -2.21. The number of rotatable bonds is 4. The Kier molecular flexibility index (Phi) is 3.13. The Morgan fingerprint density at radius 1 is 1.39 bits per heavy atom. The summed E-state index contributed by atoms with van der Waals surface area (Å²) in [6, 6.07) is 9.85. The number of carboxylic acid groups (broad SMARTS) is 1. The minimum absolute atomic E-state index is 0.123. The summed E-state index contributed by atoms with van der Waals surface area (Å²) in [4.78, 5) is 25.8. The number of ether oxygens (including phenoxy) is 1. The number of hydrogen-bond donors (Lipinski definition) is 1. The number of aliphatic carboxylic acids is 1. The molecule has 1 N–H and O–H groups in total. The lowest BCUT2D eigenvalue weighted by Crippen LogP contribution is -2.39. The molecular weight excluding hydrogens is 294 g/mol. The van der Waals surface area contributed by atoms with Gasteiger partial charge in [0.2, 0.25) is 5.91 Å². The third kappa shape index (κ3) is 2.11. The molecule has 1 spiro atoms. The molecule has 5 nitrogen and oxygen atoms in total. The zero-order valence-corrected chi connectivity index (χ0v) is 12.5. The van der Waals surface area contributed by atoms with E-state index < -0.39 is 29.5 Å². The Morgan fingerprint density at radius 3 is 2.91 bits per heavy atom. The molecule has 2 saturated heterocycles. The van der Waals surface area contributed by atoms with Gasteiger partial charge in [0.05, 0.1) is 18.6 Å². The van der Waals surface area contributed by atoms with Crippen LogP contribution >= 0.6 is 0 Å². The normalized spacial score (nSPS) is 34.5. The maximum Gasteiger partial charge on any atom is 0.310 e. The molecule has 0 aliphatic carbocycles. The zero-order valence-electron chi connectivity index (χ0n) is 12.5. The van der Waals surface area contributed by atoms with E-state index in [1.807, 2.05) is 48.6 Å². The van der Waals surface area contributed by atoms with Gasteiger partial charge in [0.25, 0.3) is 0 Å². The molecule has 1 amide bonds. The summed E-state index contributed by atoms with van der Waals surface area (Å²) in [5.74, 6) is -2.45. The minimum atomic E-state index is -0.957. The number of carbonyl (C=O) groups excluding carboxylic acids is 1. The number of hydrogen-bond acceptors (Lipinski definition) is 3. The lowest BCUT2D eigenvalue weighted by atomic mass is 9.77. The molecule has 1 aromatic rings. The molecule has 3 heterocycles. The van der Waals surface area contributed by atoms with E-state index in [2.05, 4.69) is 0 Å². The van der Waals surface area contributed by atoms with Crippen LogP contribution in [-0.2, 0) is 14.3 Å². The highest BCUT2D eigenvalue weighted by Gasteiger charge is 2.66. The highest BCUT2D eigenvalue weighted by Crippen LogP contribution is 2.51. The van der Waals surface area contributed by atoms with Gasteiger partial charge in [-0.25, -0.2) is 0 Å². The third-order valence-corrected chi connectivity index (χ3v) is 4.90. The summed E-state index contributed by atoms with van der Waals surface area (Å²) >= 11 is 0. The van der Waals surface area contributed by atoms with Crippen LogP contribution in [0.4, 0.5) is 0 Å². The predicted molar refractivity (Wildman–Crippen MR) is 83.4 cm³/mol. The molecule has 3 aliphatic rings. The molecule has 4 rings (SSSR count). The molecule has 0 unspecified atom stereocenters. The van der Waals surface area contributed by atoms with E-state index in [4.69, 9.17) is 4.74 Å². The highest BCUT2D eigenvalue weighted by atomic mass is 16.5. The highest BCUT2D eigenvalue weighted by molar-refractivity contribution is 5.90. The SMILES string of the molecule is O=C(O)[C@H]1[C@@H]2C=C[C@]3(CN(C/C=C/c4ccccc4)C(=O)[C@H]13)O2. The van der Waals surface area contributed by atoms with E-state index in [0.717, 1.165) is 5.56 Å². The molecule has 118 valence electrons. The van der Waals surface area contributed by atoms with Crippen LogP contribution in [0, 0.1) is 11.8 Å². The van der Waals surface area contributed by atoms with E-state index in [-0.39, 0.29) is 5.91 Å². The molecule has 3 aliphatic heterocycles. The third-order valence-electron chi connectivity index (χ3n) is 4.90. The van der Waals surface area contributed by atoms with Gasteiger partial charge in [0.1, 0.15) is 11.5 Å². The van der Waals surface area contributed by atoms with Gasteiger partial charge in [-0.3, -0.25) is 9.59 Å². The molecule has 1 aromatic carbocycles. The number of nitrogens with zero attached hydrogens (tertiary/aromatic N) is 1. The first-order valence-electron chi connectivity index (χ1n) is 7.71. The topological polar surface area (TPSA) is 66.8 Å². The van der Waals surface area contributed by atoms with Gasteiger partial charge in [-0.1, -0.05) is 54.6 Å². The van der Waals surface area contributed by atoms with Crippen LogP contribution in [0.25, 0.3) is 6.08 Å². The van der Waals surface area contributed by atoms with Crippen LogP contribution in [-0.4, -0.2) is 46.7 Å². The van der Waals surface area contributed by atoms with Crippen molar-refractivity contribution in [3.05, 3.63) is 54.1 Å².